The number of hydrogen-bond donors (Lipinski definition) is 2. The van der Waals surface area contributed by atoms with Crippen LogP contribution in [-0.2, 0) is 25.5 Å². The Morgan fingerprint density at radius 2 is 1.63 bits per heavy atom. The van der Waals surface area contributed by atoms with E-state index in [-0.39, 0.29) is 42.3 Å². The average molecular weight is 824 g/mol. The second-order valence-corrected chi connectivity index (χ2v) is 14.6. The van der Waals surface area contributed by atoms with Crippen LogP contribution in [0.15, 0.2) is 85.1 Å². The first-order valence-corrected chi connectivity index (χ1v) is 18.0. The van der Waals surface area contributed by atoms with Crippen molar-refractivity contribution in [3.05, 3.63) is 102 Å². The van der Waals surface area contributed by atoms with Gasteiger partial charge in [-0.3, -0.25) is 14.4 Å². The predicted octanol–water partition coefficient (Wildman–Crippen LogP) is 6.60. The number of likely N-dealkylation sites (tertiary alicyclic amines) is 1. The maximum atomic E-state index is 13.8. The number of hydrogen-bond acceptors (Lipinski definition) is 10. The van der Waals surface area contributed by atoms with Crippen LogP contribution in [0.5, 0.6) is 5.75 Å². The van der Waals surface area contributed by atoms with Crippen molar-refractivity contribution in [2.75, 3.05) is 36.7 Å². The molecule has 1 aliphatic rings. The Morgan fingerprint density at radius 1 is 0.932 bits per heavy atom. The fraction of sp³-hybridized carbons (Fsp3) is 0.300. The molecule has 0 saturated carbocycles. The fourth-order valence-electron chi connectivity index (χ4n) is 5.70. The highest BCUT2D eigenvalue weighted by molar-refractivity contribution is 5.99. The lowest BCUT2D eigenvalue weighted by molar-refractivity contribution is -0.156. The summed E-state index contributed by atoms with van der Waals surface area (Å²) in [5, 5.41) is 7.12. The van der Waals surface area contributed by atoms with Crippen LogP contribution in [0.4, 0.5) is 44.1 Å². The molecule has 3 amide bonds. The largest absolute Gasteiger partial charge is 0.482 e. The van der Waals surface area contributed by atoms with Crippen LogP contribution in [-0.4, -0.2) is 88.3 Å². The van der Waals surface area contributed by atoms with E-state index in [0.29, 0.717) is 27.3 Å². The van der Waals surface area contributed by atoms with Crippen LogP contribution < -0.4 is 20.7 Å². The van der Waals surface area contributed by atoms with E-state index in [9.17, 15) is 41.1 Å². The molecule has 2 aromatic heterocycles. The maximum Gasteiger partial charge on any atom is 0.424 e. The van der Waals surface area contributed by atoms with E-state index >= 15 is 0 Å². The number of carbonyl (C=O) groups excluding carboxylic acids is 4. The van der Waals surface area contributed by atoms with E-state index in [4.69, 9.17) is 19.9 Å². The summed E-state index contributed by atoms with van der Waals surface area (Å²) in [7, 11) is 0. The number of rotatable bonds is 12. The molecule has 1 atom stereocenters. The van der Waals surface area contributed by atoms with Gasteiger partial charge in [-0.15, -0.1) is 5.10 Å². The van der Waals surface area contributed by atoms with Gasteiger partial charge in [0.15, 0.2) is 12.3 Å². The summed E-state index contributed by atoms with van der Waals surface area (Å²) in [5.74, 6) is -3.31. The van der Waals surface area contributed by atoms with Gasteiger partial charge in [0.1, 0.15) is 23.8 Å². The zero-order chi connectivity index (χ0) is 42.6. The molecular formula is C40H38F5N7O7. The van der Waals surface area contributed by atoms with Gasteiger partial charge in [-0.2, -0.15) is 18.2 Å². The standard InChI is InChI=1S/C40H38F5N7O7/c1-39(2,3)34(46)36(55)58-22-59-38(56)52(30-13-8-26(35(54)50-19-28(42)20-50)17-31(30)57-21-40(43,44)45)37-48-32-18-25(14-15-51(32)49-37)24-6-11-29(12-7-24)47-33(53)16-23-4-9-27(41)10-5-23/h4-15,17-18,28,34H,16,19-22,46H2,1-3H3,(H,47,53). The number of halogens is 5. The molecule has 5 aromatic rings. The molecule has 310 valence electrons. The Kier molecular flexibility index (Phi) is 12.2. The lowest BCUT2D eigenvalue weighted by atomic mass is 9.87. The lowest BCUT2D eigenvalue weighted by Gasteiger charge is -2.34. The number of alkyl halides is 4. The highest BCUT2D eigenvalue weighted by Gasteiger charge is 2.35. The number of ether oxygens (including phenoxy) is 3. The number of carbonyl (C=O) groups is 4. The molecule has 0 radical (unpaired) electrons. The maximum absolute atomic E-state index is 13.8. The Balaban J connectivity index is 1.29. The van der Waals surface area contributed by atoms with Crippen molar-refractivity contribution >= 4 is 46.8 Å². The van der Waals surface area contributed by atoms with Crippen LogP contribution >= 0.6 is 0 Å². The van der Waals surface area contributed by atoms with Gasteiger partial charge < -0.3 is 30.2 Å². The summed E-state index contributed by atoms with van der Waals surface area (Å²) in [6, 6.07) is 17.9. The summed E-state index contributed by atoms with van der Waals surface area (Å²) in [4.78, 5) is 58.2. The molecule has 3 aromatic carbocycles. The SMILES string of the molecule is CC(C)(C)C(N)C(=O)OCOC(=O)N(c1nc2cc(-c3ccc(NC(=O)Cc4ccc(F)cc4)cc3)ccn2n1)c1ccc(C(=O)N2CC(F)C2)cc1OCC(F)(F)F. The van der Waals surface area contributed by atoms with Crippen molar-refractivity contribution in [2.24, 2.45) is 11.1 Å². The topological polar surface area (TPSA) is 171 Å². The van der Waals surface area contributed by atoms with Crippen molar-refractivity contribution in [3.8, 4) is 16.9 Å². The van der Waals surface area contributed by atoms with Crippen molar-refractivity contribution < 1.29 is 55.3 Å². The first kappa shape index (κ1) is 42.0. The highest BCUT2D eigenvalue weighted by atomic mass is 19.4. The van der Waals surface area contributed by atoms with E-state index in [1.165, 1.54) is 41.0 Å². The molecule has 19 heteroatoms. The van der Waals surface area contributed by atoms with Crippen molar-refractivity contribution in [3.63, 3.8) is 0 Å². The number of benzene rings is 3. The summed E-state index contributed by atoms with van der Waals surface area (Å²) < 4.78 is 83.8. The van der Waals surface area contributed by atoms with Gasteiger partial charge in [0.2, 0.25) is 12.7 Å². The Labute approximate surface area is 333 Å². The van der Waals surface area contributed by atoms with Crippen molar-refractivity contribution in [2.45, 2.75) is 45.6 Å². The number of nitrogens with zero attached hydrogens (tertiary/aromatic N) is 5. The molecule has 6 rings (SSSR count). The second-order valence-electron chi connectivity index (χ2n) is 14.6. The Bertz CT molecular complexity index is 2340. The number of aromatic nitrogens is 3. The third-order valence-electron chi connectivity index (χ3n) is 9.02. The van der Waals surface area contributed by atoms with Crippen molar-refractivity contribution in [1.29, 1.82) is 0 Å². The third kappa shape index (κ3) is 10.5. The second kappa shape index (κ2) is 17.1. The predicted molar refractivity (Wildman–Crippen MR) is 203 cm³/mol. The number of amides is 3. The van der Waals surface area contributed by atoms with E-state index < -0.39 is 72.7 Å². The zero-order valence-electron chi connectivity index (χ0n) is 31.8. The minimum absolute atomic E-state index is 0.0344. The first-order valence-electron chi connectivity index (χ1n) is 18.0. The third-order valence-corrected chi connectivity index (χ3v) is 9.02. The monoisotopic (exact) mass is 823 g/mol. The van der Waals surface area contributed by atoms with E-state index in [2.05, 4.69) is 15.4 Å². The zero-order valence-corrected chi connectivity index (χ0v) is 31.8. The summed E-state index contributed by atoms with van der Waals surface area (Å²) in [6.45, 7) is 1.89. The normalized spacial score (nSPS) is 13.7. The number of nitrogens with two attached hydrogens (primary N) is 1. The number of anilines is 3. The number of nitrogens with one attached hydrogen (secondary N) is 1. The Hall–Kier alpha value is -6.63. The van der Waals surface area contributed by atoms with Gasteiger partial charge in [0.25, 0.3) is 11.9 Å². The van der Waals surface area contributed by atoms with Crippen LogP contribution in [0.1, 0.15) is 36.7 Å². The lowest BCUT2D eigenvalue weighted by Crippen LogP contribution is -2.51. The Morgan fingerprint density at radius 3 is 2.27 bits per heavy atom. The number of pyridine rings is 1. The smallest absolute Gasteiger partial charge is 0.424 e. The number of esters is 1. The van der Waals surface area contributed by atoms with Gasteiger partial charge in [-0.25, -0.2) is 23.0 Å². The molecule has 1 unspecified atom stereocenters. The molecule has 0 aliphatic carbocycles. The van der Waals surface area contributed by atoms with Gasteiger partial charge in [0.05, 0.1) is 25.2 Å². The van der Waals surface area contributed by atoms with Crippen LogP contribution in [0, 0.1) is 11.2 Å². The van der Waals surface area contributed by atoms with E-state index in [1.807, 2.05) is 0 Å². The van der Waals surface area contributed by atoms with Crippen molar-refractivity contribution in [1.82, 2.24) is 19.5 Å². The van der Waals surface area contributed by atoms with Crippen LogP contribution in [0.3, 0.4) is 0 Å². The molecule has 1 fully saturated rings. The van der Waals surface area contributed by atoms with Gasteiger partial charge >= 0.3 is 18.2 Å². The first-order chi connectivity index (χ1) is 27.8. The number of fused-ring (bicyclic) bond motifs is 1. The molecule has 0 spiro atoms. The average Bonchev–Trinajstić information content (AvgIpc) is 3.59. The van der Waals surface area contributed by atoms with E-state index in [1.54, 1.807) is 57.2 Å². The van der Waals surface area contributed by atoms with Crippen LogP contribution in [0.2, 0.25) is 0 Å². The van der Waals surface area contributed by atoms with E-state index in [0.717, 1.165) is 17.0 Å². The summed E-state index contributed by atoms with van der Waals surface area (Å²) >= 11 is 0. The minimum atomic E-state index is -4.84. The molecule has 3 heterocycles. The van der Waals surface area contributed by atoms with Gasteiger partial charge in [0, 0.05) is 17.4 Å². The van der Waals surface area contributed by atoms with Gasteiger partial charge in [-0.1, -0.05) is 45.0 Å². The molecular weight excluding hydrogens is 785 g/mol. The minimum Gasteiger partial charge on any atom is -0.482 e. The quantitative estimate of drug-likeness (QED) is 0.0794. The fourth-order valence-corrected chi connectivity index (χ4v) is 5.70. The van der Waals surface area contributed by atoms with Crippen LogP contribution in [0.25, 0.3) is 16.8 Å². The molecule has 3 N–H and O–H groups in total. The molecule has 59 heavy (non-hydrogen) atoms. The highest BCUT2D eigenvalue weighted by Crippen LogP contribution is 2.36. The summed E-state index contributed by atoms with van der Waals surface area (Å²) in [5.41, 5.74) is 7.31. The molecule has 1 saturated heterocycles. The van der Waals surface area contributed by atoms with Gasteiger partial charge in [-0.05, 0) is 76.7 Å². The molecule has 14 nitrogen and oxygen atoms in total. The molecule has 1 aliphatic heterocycles. The molecule has 0 bridgehead atoms. The summed E-state index contributed by atoms with van der Waals surface area (Å²) in [6.07, 6.45) is -5.86.